The number of amides is 1. The van der Waals surface area contributed by atoms with Crippen molar-refractivity contribution < 1.29 is 9.53 Å². The van der Waals surface area contributed by atoms with Gasteiger partial charge in [0.2, 0.25) is 0 Å². The van der Waals surface area contributed by atoms with Gasteiger partial charge in [0.15, 0.2) is 12.4 Å². The van der Waals surface area contributed by atoms with Gasteiger partial charge in [0, 0.05) is 19.8 Å². The Kier molecular flexibility index (Phi) is 5.81. The molecule has 0 bridgehead atoms. The number of aryl methyl sites for hydroxylation is 2. The molecule has 0 saturated heterocycles. The predicted molar refractivity (Wildman–Crippen MR) is 103 cm³/mol. The summed E-state index contributed by atoms with van der Waals surface area (Å²) in [7, 11) is 1.72. The van der Waals surface area contributed by atoms with E-state index in [1.54, 1.807) is 39.8 Å². The van der Waals surface area contributed by atoms with Crippen LogP contribution < -0.4 is 4.74 Å². The maximum atomic E-state index is 12.7. The molecule has 3 rings (SSSR count). The second-order valence-electron chi connectivity index (χ2n) is 6.20. The molecular formula is C19H22ClN5O2. The average Bonchev–Trinajstić information content (AvgIpc) is 3.27. The van der Waals surface area contributed by atoms with E-state index in [9.17, 15) is 4.79 Å². The zero-order valence-electron chi connectivity index (χ0n) is 15.6. The van der Waals surface area contributed by atoms with Crippen LogP contribution in [-0.4, -0.2) is 37.4 Å². The van der Waals surface area contributed by atoms with Crippen LogP contribution in [-0.2, 0) is 19.8 Å². The Bertz CT molecular complexity index is 934. The minimum Gasteiger partial charge on any atom is -0.471 e. The molecule has 1 amide bonds. The summed E-state index contributed by atoms with van der Waals surface area (Å²) in [4.78, 5) is 14.2. The van der Waals surface area contributed by atoms with Crippen LogP contribution in [0, 0.1) is 6.92 Å². The number of hydrogen-bond donors (Lipinski definition) is 0. The highest BCUT2D eigenvalue weighted by molar-refractivity contribution is 6.31. The molecule has 2 heterocycles. The summed E-state index contributed by atoms with van der Waals surface area (Å²) < 4.78 is 9.13. The molecule has 2 aromatic heterocycles. The fourth-order valence-corrected chi connectivity index (χ4v) is 2.91. The van der Waals surface area contributed by atoms with Crippen molar-refractivity contribution in [2.45, 2.75) is 33.7 Å². The largest absolute Gasteiger partial charge is 0.471 e. The zero-order valence-corrected chi connectivity index (χ0v) is 16.3. The quantitative estimate of drug-likeness (QED) is 0.623. The van der Waals surface area contributed by atoms with Crippen LogP contribution in [0.15, 0.2) is 42.7 Å². The van der Waals surface area contributed by atoms with E-state index in [1.807, 2.05) is 38.1 Å². The van der Waals surface area contributed by atoms with Gasteiger partial charge in [-0.25, -0.2) is 4.68 Å². The van der Waals surface area contributed by atoms with Crippen molar-refractivity contribution in [3.8, 4) is 5.75 Å². The summed E-state index contributed by atoms with van der Waals surface area (Å²) in [5, 5.41) is 9.06. The van der Waals surface area contributed by atoms with Crippen molar-refractivity contribution in [1.82, 2.24) is 24.5 Å². The maximum Gasteiger partial charge on any atom is 0.274 e. The van der Waals surface area contributed by atoms with Crippen molar-refractivity contribution in [3.05, 3.63) is 64.7 Å². The summed E-state index contributed by atoms with van der Waals surface area (Å²) in [5.41, 5.74) is 2.20. The lowest BCUT2D eigenvalue weighted by molar-refractivity contribution is 0.0773. The lowest BCUT2D eigenvalue weighted by Gasteiger charge is -2.17. The second kappa shape index (κ2) is 8.26. The molecule has 27 heavy (non-hydrogen) atoms. The van der Waals surface area contributed by atoms with Gasteiger partial charge in [-0.2, -0.15) is 10.2 Å². The third-order valence-corrected chi connectivity index (χ3v) is 4.55. The molecule has 3 aromatic rings. The van der Waals surface area contributed by atoms with Crippen LogP contribution in [0.2, 0.25) is 5.02 Å². The van der Waals surface area contributed by atoms with Crippen molar-refractivity contribution in [2.75, 3.05) is 7.05 Å². The molecule has 0 radical (unpaired) electrons. The van der Waals surface area contributed by atoms with E-state index in [2.05, 4.69) is 10.2 Å². The first-order valence-electron chi connectivity index (χ1n) is 8.67. The molecular weight excluding hydrogens is 366 g/mol. The van der Waals surface area contributed by atoms with E-state index in [0.717, 1.165) is 17.0 Å². The number of carbonyl (C=O) groups excluding carboxylic acids is 1. The smallest absolute Gasteiger partial charge is 0.274 e. The Morgan fingerprint density at radius 3 is 2.81 bits per heavy atom. The molecule has 0 atom stereocenters. The van der Waals surface area contributed by atoms with E-state index >= 15 is 0 Å². The lowest BCUT2D eigenvalue weighted by atomic mass is 10.2. The van der Waals surface area contributed by atoms with Crippen LogP contribution in [0.4, 0.5) is 0 Å². The Labute approximate surface area is 163 Å². The van der Waals surface area contributed by atoms with Crippen molar-refractivity contribution in [1.29, 1.82) is 0 Å². The van der Waals surface area contributed by atoms with Gasteiger partial charge in [-0.15, -0.1) is 0 Å². The first-order chi connectivity index (χ1) is 13.0. The van der Waals surface area contributed by atoms with Gasteiger partial charge in [-0.05, 0) is 31.5 Å². The fourth-order valence-electron chi connectivity index (χ4n) is 2.71. The van der Waals surface area contributed by atoms with Crippen LogP contribution in [0.3, 0.4) is 0 Å². The monoisotopic (exact) mass is 387 g/mol. The third kappa shape index (κ3) is 4.31. The van der Waals surface area contributed by atoms with Gasteiger partial charge in [0.25, 0.3) is 5.91 Å². The van der Waals surface area contributed by atoms with Gasteiger partial charge in [0.1, 0.15) is 5.75 Å². The van der Waals surface area contributed by atoms with E-state index in [-0.39, 0.29) is 12.6 Å². The first kappa shape index (κ1) is 19.0. The second-order valence-corrected chi connectivity index (χ2v) is 6.60. The van der Waals surface area contributed by atoms with E-state index < -0.39 is 0 Å². The number of benzene rings is 1. The number of nitrogens with zero attached hydrogens (tertiary/aromatic N) is 5. The van der Waals surface area contributed by atoms with Gasteiger partial charge in [-0.1, -0.05) is 29.8 Å². The van der Waals surface area contributed by atoms with Crippen LogP contribution in [0.1, 0.15) is 28.7 Å². The van der Waals surface area contributed by atoms with Gasteiger partial charge >= 0.3 is 0 Å². The van der Waals surface area contributed by atoms with E-state index in [1.165, 1.54) is 0 Å². The summed E-state index contributed by atoms with van der Waals surface area (Å²) in [6, 6.07) is 9.44. The van der Waals surface area contributed by atoms with Crippen molar-refractivity contribution in [2.24, 2.45) is 0 Å². The van der Waals surface area contributed by atoms with E-state index in [4.69, 9.17) is 16.3 Å². The molecule has 0 spiro atoms. The number of ether oxygens (including phenoxy) is 1. The maximum absolute atomic E-state index is 12.7. The van der Waals surface area contributed by atoms with Crippen molar-refractivity contribution >= 4 is 17.5 Å². The molecule has 0 aliphatic heterocycles. The Hall–Kier alpha value is -2.80. The van der Waals surface area contributed by atoms with Crippen LogP contribution >= 0.6 is 11.6 Å². The van der Waals surface area contributed by atoms with Crippen LogP contribution in [0.25, 0.3) is 0 Å². The topological polar surface area (TPSA) is 65.2 Å². The number of aromatic nitrogens is 4. The molecule has 0 unspecified atom stereocenters. The fraction of sp³-hybridized carbons (Fsp3) is 0.316. The predicted octanol–water partition coefficient (Wildman–Crippen LogP) is 3.37. The molecule has 8 heteroatoms. The molecule has 0 saturated carbocycles. The summed E-state index contributed by atoms with van der Waals surface area (Å²) in [6.07, 6.45) is 3.32. The SMILES string of the molecule is CCn1ncc(Cl)c1CN(C)C(=O)c1ccn(COc2ccccc2C)n1. The summed E-state index contributed by atoms with van der Waals surface area (Å²) >= 11 is 6.18. The first-order valence-corrected chi connectivity index (χ1v) is 9.05. The number of halogens is 1. The van der Waals surface area contributed by atoms with Gasteiger partial charge in [0.05, 0.1) is 23.5 Å². The van der Waals surface area contributed by atoms with Gasteiger partial charge in [-0.3, -0.25) is 9.48 Å². The number of carbonyl (C=O) groups is 1. The van der Waals surface area contributed by atoms with Crippen molar-refractivity contribution in [3.63, 3.8) is 0 Å². The summed E-state index contributed by atoms with van der Waals surface area (Å²) in [6.45, 7) is 5.24. The standard InChI is InChI=1S/C19H22ClN5O2/c1-4-25-17(15(20)11-21-25)12-23(3)19(26)16-9-10-24(22-16)13-27-18-8-6-5-7-14(18)2/h5-11H,4,12-13H2,1-3H3. The molecule has 142 valence electrons. The highest BCUT2D eigenvalue weighted by atomic mass is 35.5. The number of para-hydroxylation sites is 1. The minimum atomic E-state index is -0.190. The Balaban J connectivity index is 1.64. The zero-order chi connectivity index (χ0) is 19.4. The van der Waals surface area contributed by atoms with E-state index in [0.29, 0.717) is 23.8 Å². The molecule has 1 aromatic carbocycles. The number of hydrogen-bond acceptors (Lipinski definition) is 4. The molecule has 0 aliphatic carbocycles. The van der Waals surface area contributed by atoms with Gasteiger partial charge < -0.3 is 9.64 Å². The molecule has 7 nitrogen and oxygen atoms in total. The third-order valence-electron chi connectivity index (χ3n) is 4.24. The highest BCUT2D eigenvalue weighted by Crippen LogP contribution is 2.18. The highest BCUT2D eigenvalue weighted by Gasteiger charge is 2.18. The summed E-state index contributed by atoms with van der Waals surface area (Å²) in [5.74, 6) is 0.602. The Morgan fingerprint density at radius 2 is 2.07 bits per heavy atom. The minimum absolute atomic E-state index is 0.190. The Morgan fingerprint density at radius 1 is 1.30 bits per heavy atom. The molecule has 0 fully saturated rings. The normalized spacial score (nSPS) is 10.8. The number of rotatable bonds is 7. The average molecular weight is 388 g/mol. The lowest BCUT2D eigenvalue weighted by Crippen LogP contribution is -2.28. The van der Waals surface area contributed by atoms with Crippen LogP contribution in [0.5, 0.6) is 5.75 Å². The molecule has 0 N–H and O–H groups in total. The molecule has 0 aliphatic rings.